The molecule has 2 saturated heterocycles. The average molecular weight is 312 g/mol. The van der Waals surface area contributed by atoms with Crippen molar-refractivity contribution in [3.8, 4) is 0 Å². The Labute approximate surface area is 134 Å². The van der Waals surface area contributed by atoms with Gasteiger partial charge in [0.1, 0.15) is 11.2 Å². The van der Waals surface area contributed by atoms with Gasteiger partial charge in [-0.15, -0.1) is 0 Å². The molecule has 23 heavy (non-hydrogen) atoms. The Kier molecular flexibility index (Phi) is 2.81. The minimum Gasteiger partial charge on any atom is -0.303 e. The molecule has 0 bridgehead atoms. The van der Waals surface area contributed by atoms with E-state index in [1.165, 1.54) is 18.5 Å². The van der Waals surface area contributed by atoms with E-state index in [9.17, 15) is 4.79 Å². The zero-order chi connectivity index (χ0) is 15.4. The molecule has 1 saturated carbocycles. The molecule has 4 heterocycles. The highest BCUT2D eigenvalue weighted by molar-refractivity contribution is 5.78. The fourth-order valence-corrected chi connectivity index (χ4v) is 3.74. The monoisotopic (exact) mass is 312 g/mol. The van der Waals surface area contributed by atoms with Crippen LogP contribution in [0, 0.1) is 5.92 Å². The standard InChI is InChI=1S/C17H20N4O2/c22-16-7-17(23-21(16)9-13-4-5-13)11-19(12-17)10-14-8-18-15-3-1-2-6-20(14)15/h1-3,6,8,13H,4-5,7,9-12H2. The van der Waals surface area contributed by atoms with Gasteiger partial charge in [0.05, 0.1) is 24.9 Å². The first-order valence-corrected chi connectivity index (χ1v) is 8.34. The van der Waals surface area contributed by atoms with E-state index >= 15 is 0 Å². The summed E-state index contributed by atoms with van der Waals surface area (Å²) >= 11 is 0. The van der Waals surface area contributed by atoms with E-state index in [4.69, 9.17) is 4.84 Å². The first kappa shape index (κ1) is 13.5. The van der Waals surface area contributed by atoms with Gasteiger partial charge in [-0.05, 0) is 30.9 Å². The number of nitrogens with zero attached hydrogens (tertiary/aromatic N) is 4. The van der Waals surface area contributed by atoms with Gasteiger partial charge in [0.25, 0.3) is 0 Å². The van der Waals surface area contributed by atoms with E-state index in [1.54, 1.807) is 5.06 Å². The lowest BCUT2D eigenvalue weighted by Gasteiger charge is -2.45. The molecular weight excluding hydrogens is 292 g/mol. The quantitative estimate of drug-likeness (QED) is 0.858. The van der Waals surface area contributed by atoms with Crippen LogP contribution in [0.1, 0.15) is 25.0 Å². The first-order valence-electron chi connectivity index (χ1n) is 8.34. The van der Waals surface area contributed by atoms with E-state index in [0.29, 0.717) is 12.3 Å². The van der Waals surface area contributed by atoms with E-state index in [2.05, 4.69) is 14.3 Å². The largest absolute Gasteiger partial charge is 0.303 e. The molecule has 0 atom stereocenters. The Hall–Kier alpha value is -1.92. The molecule has 6 nitrogen and oxygen atoms in total. The number of carbonyl (C=O) groups excluding carboxylic acids is 1. The van der Waals surface area contributed by atoms with Crippen LogP contribution in [0.25, 0.3) is 5.65 Å². The summed E-state index contributed by atoms with van der Waals surface area (Å²) < 4.78 is 2.12. The molecular formula is C17H20N4O2. The second kappa shape index (κ2) is 4.79. The van der Waals surface area contributed by atoms with Gasteiger partial charge in [0, 0.05) is 25.8 Å². The summed E-state index contributed by atoms with van der Waals surface area (Å²) in [4.78, 5) is 24.9. The molecule has 0 radical (unpaired) electrons. The lowest BCUT2D eigenvalue weighted by atomic mass is 9.91. The summed E-state index contributed by atoms with van der Waals surface area (Å²) in [6.07, 6.45) is 6.98. The molecule has 2 aliphatic heterocycles. The van der Waals surface area contributed by atoms with Crippen LogP contribution in [0.4, 0.5) is 0 Å². The summed E-state index contributed by atoms with van der Waals surface area (Å²) in [5, 5.41) is 1.63. The van der Waals surface area contributed by atoms with Crippen molar-refractivity contribution in [3.05, 3.63) is 36.3 Å². The van der Waals surface area contributed by atoms with Gasteiger partial charge < -0.3 is 4.40 Å². The Morgan fingerprint density at radius 2 is 2.17 bits per heavy atom. The van der Waals surface area contributed by atoms with Crippen molar-refractivity contribution >= 4 is 11.6 Å². The van der Waals surface area contributed by atoms with Gasteiger partial charge in [-0.2, -0.15) is 0 Å². The van der Waals surface area contributed by atoms with Crippen molar-refractivity contribution in [2.45, 2.75) is 31.4 Å². The molecule has 0 N–H and O–H groups in total. The van der Waals surface area contributed by atoms with E-state index in [1.807, 2.05) is 30.6 Å². The Morgan fingerprint density at radius 3 is 3.00 bits per heavy atom. The fraction of sp³-hybridized carbons (Fsp3) is 0.529. The molecule has 3 aliphatic rings. The van der Waals surface area contributed by atoms with Gasteiger partial charge in [-0.25, -0.2) is 10.0 Å². The zero-order valence-electron chi connectivity index (χ0n) is 13.0. The highest BCUT2D eigenvalue weighted by Crippen LogP contribution is 2.39. The van der Waals surface area contributed by atoms with Crippen LogP contribution < -0.4 is 0 Å². The number of carbonyl (C=O) groups is 1. The van der Waals surface area contributed by atoms with Crippen LogP contribution in [0.5, 0.6) is 0 Å². The minimum atomic E-state index is -0.271. The number of imidazole rings is 1. The summed E-state index contributed by atoms with van der Waals surface area (Å²) in [7, 11) is 0. The topological polar surface area (TPSA) is 50.1 Å². The van der Waals surface area contributed by atoms with Gasteiger partial charge >= 0.3 is 0 Å². The lowest BCUT2D eigenvalue weighted by Crippen LogP contribution is -2.61. The second-order valence-corrected chi connectivity index (χ2v) is 7.17. The normalized spacial score (nSPS) is 23.8. The Bertz CT molecular complexity index is 761. The highest BCUT2D eigenvalue weighted by Gasteiger charge is 2.53. The minimum absolute atomic E-state index is 0.159. The van der Waals surface area contributed by atoms with Crippen molar-refractivity contribution in [2.75, 3.05) is 19.6 Å². The molecule has 2 aromatic heterocycles. The molecule has 120 valence electrons. The number of likely N-dealkylation sites (tertiary alicyclic amines) is 1. The number of hydrogen-bond donors (Lipinski definition) is 0. The second-order valence-electron chi connectivity index (χ2n) is 7.17. The van der Waals surface area contributed by atoms with Crippen LogP contribution in [0.15, 0.2) is 30.6 Å². The Morgan fingerprint density at radius 1 is 1.30 bits per heavy atom. The molecule has 1 spiro atoms. The van der Waals surface area contributed by atoms with Gasteiger partial charge in [0.15, 0.2) is 0 Å². The third-order valence-electron chi connectivity index (χ3n) is 5.08. The van der Waals surface area contributed by atoms with Crippen LogP contribution >= 0.6 is 0 Å². The molecule has 1 amide bonds. The smallest absolute Gasteiger partial charge is 0.249 e. The summed E-state index contributed by atoms with van der Waals surface area (Å²) in [6, 6.07) is 6.02. The Balaban J connectivity index is 1.24. The first-order chi connectivity index (χ1) is 11.2. The van der Waals surface area contributed by atoms with Crippen LogP contribution in [-0.2, 0) is 16.2 Å². The predicted octanol–water partition coefficient (Wildman–Crippen LogP) is 1.46. The van der Waals surface area contributed by atoms with E-state index < -0.39 is 0 Å². The molecule has 6 heteroatoms. The molecule has 1 aliphatic carbocycles. The van der Waals surface area contributed by atoms with Crippen molar-refractivity contribution in [2.24, 2.45) is 5.92 Å². The number of rotatable bonds is 4. The number of hydroxylamine groups is 2. The van der Waals surface area contributed by atoms with E-state index in [0.717, 1.165) is 31.8 Å². The van der Waals surface area contributed by atoms with Crippen molar-refractivity contribution in [3.63, 3.8) is 0 Å². The predicted molar refractivity (Wildman–Crippen MR) is 83.3 cm³/mol. The maximum atomic E-state index is 12.1. The number of pyridine rings is 1. The van der Waals surface area contributed by atoms with Crippen molar-refractivity contribution < 1.29 is 9.63 Å². The molecule has 5 rings (SSSR count). The van der Waals surface area contributed by atoms with Crippen LogP contribution in [0.3, 0.4) is 0 Å². The third-order valence-corrected chi connectivity index (χ3v) is 5.08. The SMILES string of the molecule is O=C1CC2(CN(Cc3cnc4ccccn34)C2)ON1CC1CC1. The lowest BCUT2D eigenvalue weighted by molar-refractivity contribution is -0.238. The third kappa shape index (κ3) is 2.33. The summed E-state index contributed by atoms with van der Waals surface area (Å²) in [6.45, 7) is 3.26. The van der Waals surface area contributed by atoms with Crippen molar-refractivity contribution in [1.29, 1.82) is 0 Å². The van der Waals surface area contributed by atoms with Gasteiger partial charge in [0.2, 0.25) is 5.91 Å². The average Bonchev–Trinajstić information content (AvgIpc) is 3.15. The number of hydrogen-bond acceptors (Lipinski definition) is 4. The maximum absolute atomic E-state index is 12.1. The summed E-state index contributed by atoms with van der Waals surface area (Å²) in [5.74, 6) is 0.829. The van der Waals surface area contributed by atoms with Crippen LogP contribution in [0.2, 0.25) is 0 Å². The molecule has 0 aromatic carbocycles. The number of aromatic nitrogens is 2. The zero-order valence-corrected chi connectivity index (χ0v) is 13.0. The highest BCUT2D eigenvalue weighted by atomic mass is 16.7. The van der Waals surface area contributed by atoms with Gasteiger partial charge in [-0.1, -0.05) is 6.07 Å². The molecule has 3 fully saturated rings. The maximum Gasteiger partial charge on any atom is 0.249 e. The summed E-state index contributed by atoms with van der Waals surface area (Å²) in [5.41, 5.74) is 1.88. The molecule has 2 aromatic rings. The van der Waals surface area contributed by atoms with Crippen molar-refractivity contribution in [1.82, 2.24) is 19.3 Å². The van der Waals surface area contributed by atoms with Crippen LogP contribution in [-0.4, -0.2) is 50.5 Å². The van der Waals surface area contributed by atoms with Gasteiger partial charge in [-0.3, -0.25) is 14.5 Å². The fourth-order valence-electron chi connectivity index (χ4n) is 3.74. The number of amides is 1. The number of fused-ring (bicyclic) bond motifs is 1. The molecule has 0 unspecified atom stereocenters. The van der Waals surface area contributed by atoms with E-state index in [-0.39, 0.29) is 11.5 Å².